The van der Waals surface area contributed by atoms with E-state index in [4.69, 9.17) is 18.2 Å². The predicted molar refractivity (Wildman–Crippen MR) is 49.0 cm³/mol. The largest absolute Gasteiger partial charge is 0.305 e. The van der Waals surface area contributed by atoms with Gasteiger partial charge in [-0.25, -0.2) is 6.57 Å². The lowest BCUT2D eigenvalue weighted by atomic mass is 10.1. The van der Waals surface area contributed by atoms with E-state index in [1.807, 2.05) is 24.3 Å². The van der Waals surface area contributed by atoms with Gasteiger partial charge in [0, 0.05) is 23.4 Å². The van der Waals surface area contributed by atoms with Crippen molar-refractivity contribution in [2.24, 2.45) is 0 Å². The van der Waals surface area contributed by atoms with Gasteiger partial charge in [-0.05, 0) is 24.3 Å². The number of benzene rings is 1. The fourth-order valence-corrected chi connectivity index (χ4v) is 1.47. The summed E-state index contributed by atoms with van der Waals surface area (Å²) >= 11 is 5.75. The summed E-state index contributed by atoms with van der Waals surface area (Å²) in [5.41, 5.74) is 0.923. The zero-order chi connectivity index (χ0) is 8.60. The first kappa shape index (κ1) is 7.64. The van der Waals surface area contributed by atoms with Crippen molar-refractivity contribution in [1.82, 2.24) is 0 Å². The molecule has 12 heavy (non-hydrogen) atoms. The number of hydrogen-bond acceptors (Lipinski definition) is 0. The third kappa shape index (κ3) is 1.09. The maximum absolute atomic E-state index is 7.05. The first-order valence-corrected chi connectivity index (χ1v) is 4.29. The van der Waals surface area contributed by atoms with Gasteiger partial charge in [-0.2, -0.15) is 0 Å². The zero-order valence-corrected chi connectivity index (χ0v) is 7.30. The molecule has 0 N–H and O–H groups in total. The Morgan fingerprint density at radius 2 is 1.83 bits per heavy atom. The van der Waals surface area contributed by atoms with E-state index >= 15 is 0 Å². The lowest BCUT2D eigenvalue weighted by molar-refractivity contribution is 0.884. The van der Waals surface area contributed by atoms with Crippen LogP contribution < -0.4 is 0 Å². The summed E-state index contributed by atoms with van der Waals surface area (Å²) in [5, 5.41) is 0.736. The van der Waals surface area contributed by atoms with Crippen LogP contribution in [0.25, 0.3) is 4.85 Å². The third-order valence-electron chi connectivity index (χ3n) is 2.32. The van der Waals surface area contributed by atoms with Crippen LogP contribution in [0.4, 0.5) is 0 Å². The van der Waals surface area contributed by atoms with Crippen molar-refractivity contribution in [1.29, 1.82) is 0 Å². The van der Waals surface area contributed by atoms with E-state index in [-0.39, 0.29) is 5.54 Å². The minimum Gasteiger partial charge on any atom is -0.305 e. The van der Waals surface area contributed by atoms with E-state index in [1.54, 1.807) is 0 Å². The van der Waals surface area contributed by atoms with Gasteiger partial charge in [0.1, 0.15) is 0 Å². The lowest BCUT2D eigenvalue weighted by Gasteiger charge is -2.01. The van der Waals surface area contributed by atoms with Gasteiger partial charge in [0.05, 0.1) is 0 Å². The van der Waals surface area contributed by atoms with Gasteiger partial charge >= 0.3 is 0 Å². The summed E-state index contributed by atoms with van der Waals surface area (Å²) in [4.78, 5) is 3.64. The Labute approximate surface area is 76.8 Å². The second-order valence-corrected chi connectivity index (χ2v) is 3.59. The number of nitrogens with zero attached hydrogens (tertiary/aromatic N) is 1. The maximum Gasteiger partial charge on any atom is 0.258 e. The van der Waals surface area contributed by atoms with Crippen LogP contribution >= 0.6 is 11.6 Å². The molecule has 2 heteroatoms. The van der Waals surface area contributed by atoms with Crippen LogP contribution in [0.3, 0.4) is 0 Å². The standard InChI is InChI=1S/C10H8ClN/c1-12-10(6-7-10)8-2-4-9(11)5-3-8/h2-5H,6-7H2. The molecule has 0 aliphatic heterocycles. The monoisotopic (exact) mass is 177 g/mol. The average Bonchev–Trinajstić information content (AvgIpc) is 2.86. The van der Waals surface area contributed by atoms with Gasteiger partial charge < -0.3 is 4.85 Å². The second kappa shape index (κ2) is 2.50. The van der Waals surface area contributed by atoms with Crippen LogP contribution in [0.15, 0.2) is 24.3 Å². The third-order valence-corrected chi connectivity index (χ3v) is 2.57. The molecule has 0 spiro atoms. The molecule has 0 unspecified atom stereocenters. The molecule has 1 saturated carbocycles. The molecule has 2 rings (SSSR count). The van der Waals surface area contributed by atoms with Crippen LogP contribution in [0.1, 0.15) is 18.4 Å². The first-order valence-electron chi connectivity index (χ1n) is 3.91. The quantitative estimate of drug-likeness (QED) is 0.580. The van der Waals surface area contributed by atoms with E-state index in [0.29, 0.717) is 0 Å². The van der Waals surface area contributed by atoms with Crippen molar-refractivity contribution in [2.45, 2.75) is 18.4 Å². The minimum atomic E-state index is -0.190. The molecule has 0 aromatic heterocycles. The highest BCUT2D eigenvalue weighted by molar-refractivity contribution is 6.30. The molecule has 1 aromatic rings. The molecule has 1 aromatic carbocycles. The van der Waals surface area contributed by atoms with E-state index in [2.05, 4.69) is 4.85 Å². The van der Waals surface area contributed by atoms with Crippen LogP contribution in [-0.4, -0.2) is 0 Å². The van der Waals surface area contributed by atoms with E-state index in [1.165, 1.54) is 0 Å². The highest BCUT2D eigenvalue weighted by atomic mass is 35.5. The molecule has 1 aliphatic rings. The Balaban J connectivity index is 2.37. The van der Waals surface area contributed by atoms with E-state index in [9.17, 15) is 0 Å². The molecule has 1 aliphatic carbocycles. The number of hydrogen-bond donors (Lipinski definition) is 0. The van der Waals surface area contributed by atoms with Gasteiger partial charge in [0.2, 0.25) is 0 Å². The molecular formula is C10H8ClN. The Morgan fingerprint density at radius 1 is 1.25 bits per heavy atom. The van der Waals surface area contributed by atoms with Gasteiger partial charge in [0.25, 0.3) is 5.54 Å². The minimum absolute atomic E-state index is 0.190. The highest BCUT2D eigenvalue weighted by Gasteiger charge is 2.52. The Hall–Kier alpha value is -1.00. The molecule has 0 heterocycles. The topological polar surface area (TPSA) is 4.36 Å². The molecule has 0 saturated heterocycles. The van der Waals surface area contributed by atoms with E-state index in [0.717, 1.165) is 23.4 Å². The average molecular weight is 178 g/mol. The Morgan fingerprint density at radius 3 is 2.25 bits per heavy atom. The first-order chi connectivity index (χ1) is 5.77. The summed E-state index contributed by atoms with van der Waals surface area (Å²) in [6.45, 7) is 7.05. The lowest BCUT2D eigenvalue weighted by Crippen LogP contribution is -1.98. The van der Waals surface area contributed by atoms with Crippen molar-refractivity contribution in [3.05, 3.63) is 46.3 Å². The molecule has 0 atom stereocenters. The van der Waals surface area contributed by atoms with Gasteiger partial charge in [-0.3, -0.25) is 0 Å². The fraction of sp³-hybridized carbons (Fsp3) is 0.300. The van der Waals surface area contributed by atoms with Crippen LogP contribution in [0, 0.1) is 6.57 Å². The predicted octanol–water partition coefficient (Wildman–Crippen LogP) is 3.25. The summed E-state index contributed by atoms with van der Waals surface area (Å²) in [5.74, 6) is 0. The SMILES string of the molecule is [C-]#[N+]C1(c2ccc(Cl)cc2)CC1. The second-order valence-electron chi connectivity index (χ2n) is 3.15. The van der Waals surface area contributed by atoms with Gasteiger partial charge in [-0.15, -0.1) is 0 Å². The van der Waals surface area contributed by atoms with Gasteiger partial charge in [0.15, 0.2) is 0 Å². The molecule has 1 nitrogen and oxygen atoms in total. The van der Waals surface area contributed by atoms with Crippen molar-refractivity contribution in [3.63, 3.8) is 0 Å². The number of halogens is 1. The zero-order valence-electron chi connectivity index (χ0n) is 6.55. The summed E-state index contributed by atoms with van der Waals surface area (Å²) in [6, 6.07) is 7.60. The molecule has 0 radical (unpaired) electrons. The maximum atomic E-state index is 7.05. The molecular weight excluding hydrogens is 170 g/mol. The smallest absolute Gasteiger partial charge is 0.258 e. The summed E-state index contributed by atoms with van der Waals surface area (Å²) in [6.07, 6.45) is 2.00. The van der Waals surface area contributed by atoms with Crippen molar-refractivity contribution in [2.75, 3.05) is 0 Å². The Bertz CT molecular complexity index is 330. The van der Waals surface area contributed by atoms with Crippen molar-refractivity contribution in [3.8, 4) is 0 Å². The Kier molecular flexibility index (Phi) is 1.59. The fourth-order valence-electron chi connectivity index (χ4n) is 1.34. The highest BCUT2D eigenvalue weighted by Crippen LogP contribution is 2.49. The van der Waals surface area contributed by atoms with Crippen LogP contribution in [0.5, 0.6) is 0 Å². The number of rotatable bonds is 1. The van der Waals surface area contributed by atoms with Gasteiger partial charge in [-0.1, -0.05) is 11.6 Å². The van der Waals surface area contributed by atoms with Crippen LogP contribution in [-0.2, 0) is 5.54 Å². The summed E-state index contributed by atoms with van der Waals surface area (Å²) < 4.78 is 0. The molecule has 60 valence electrons. The van der Waals surface area contributed by atoms with Crippen LogP contribution in [0.2, 0.25) is 5.02 Å². The molecule has 0 amide bonds. The molecule has 0 bridgehead atoms. The van der Waals surface area contributed by atoms with Crippen molar-refractivity contribution < 1.29 is 0 Å². The normalized spacial score (nSPS) is 18.3. The van der Waals surface area contributed by atoms with Crippen molar-refractivity contribution >= 4 is 11.6 Å². The molecule has 1 fully saturated rings. The van der Waals surface area contributed by atoms with E-state index < -0.39 is 0 Å². The summed E-state index contributed by atoms with van der Waals surface area (Å²) in [7, 11) is 0.